The third-order valence-corrected chi connectivity index (χ3v) is 5.50. The van der Waals surface area contributed by atoms with E-state index in [2.05, 4.69) is 60.1 Å². The maximum Gasteiger partial charge on any atom is 0.0335 e. The molecule has 0 atom stereocenters. The molecule has 21 heavy (non-hydrogen) atoms. The van der Waals surface area contributed by atoms with Crippen molar-refractivity contribution in [2.24, 2.45) is 0 Å². The molecule has 0 bridgehead atoms. The number of aryl methyl sites for hydroxylation is 2. The standard InChI is InChI=1S/C18H19BrCl2/c1-13-6-7-14(2)15(8-13)10-18(11-20,12-21)16-4-3-5-17(19)9-16/h3-9H,10-12H2,1-2H3. The SMILES string of the molecule is Cc1ccc(C)c(CC(CCl)(CCl)c2cccc(Br)c2)c1. The van der Waals surface area contributed by atoms with Gasteiger partial charge in [-0.25, -0.2) is 0 Å². The number of halogens is 3. The summed E-state index contributed by atoms with van der Waals surface area (Å²) in [6.07, 6.45) is 0.851. The van der Waals surface area contributed by atoms with Gasteiger partial charge in [0.05, 0.1) is 0 Å². The van der Waals surface area contributed by atoms with Crippen molar-refractivity contribution in [3.05, 3.63) is 69.2 Å². The van der Waals surface area contributed by atoms with Gasteiger partial charge in [0.25, 0.3) is 0 Å². The van der Waals surface area contributed by atoms with Crippen molar-refractivity contribution in [3.63, 3.8) is 0 Å². The van der Waals surface area contributed by atoms with Crippen molar-refractivity contribution in [2.75, 3.05) is 11.8 Å². The van der Waals surface area contributed by atoms with Gasteiger partial charge < -0.3 is 0 Å². The molecule has 0 aliphatic rings. The van der Waals surface area contributed by atoms with Crippen LogP contribution in [0.1, 0.15) is 22.3 Å². The zero-order chi connectivity index (χ0) is 15.5. The first-order valence-electron chi connectivity index (χ1n) is 6.95. The van der Waals surface area contributed by atoms with Crippen molar-refractivity contribution in [1.82, 2.24) is 0 Å². The Morgan fingerprint density at radius 2 is 1.71 bits per heavy atom. The van der Waals surface area contributed by atoms with Crippen LogP contribution in [0, 0.1) is 13.8 Å². The fourth-order valence-electron chi connectivity index (χ4n) is 2.56. The Balaban J connectivity index is 2.45. The average Bonchev–Trinajstić information content (AvgIpc) is 2.48. The van der Waals surface area contributed by atoms with Crippen LogP contribution in [0.5, 0.6) is 0 Å². The van der Waals surface area contributed by atoms with Gasteiger partial charge in [-0.2, -0.15) is 0 Å². The molecule has 0 spiro atoms. The van der Waals surface area contributed by atoms with Gasteiger partial charge in [0, 0.05) is 21.6 Å². The second-order valence-electron chi connectivity index (χ2n) is 5.66. The molecule has 0 saturated heterocycles. The highest BCUT2D eigenvalue weighted by molar-refractivity contribution is 9.10. The molecule has 0 saturated carbocycles. The minimum absolute atomic E-state index is 0.245. The maximum absolute atomic E-state index is 6.35. The van der Waals surface area contributed by atoms with Gasteiger partial charge in [-0.3, -0.25) is 0 Å². The largest absolute Gasteiger partial charge is 0.126 e. The predicted octanol–water partition coefficient (Wildman–Crippen LogP) is 6.02. The number of alkyl halides is 2. The van der Waals surface area contributed by atoms with Crippen LogP contribution in [-0.4, -0.2) is 11.8 Å². The van der Waals surface area contributed by atoms with Gasteiger partial charge in [0.2, 0.25) is 0 Å². The minimum Gasteiger partial charge on any atom is -0.126 e. The van der Waals surface area contributed by atoms with E-state index in [4.69, 9.17) is 23.2 Å². The van der Waals surface area contributed by atoms with Gasteiger partial charge in [-0.1, -0.05) is 51.8 Å². The van der Waals surface area contributed by atoms with Gasteiger partial charge in [-0.15, -0.1) is 23.2 Å². The first-order chi connectivity index (χ1) is 10.0. The third-order valence-electron chi connectivity index (χ3n) is 3.98. The van der Waals surface area contributed by atoms with E-state index in [1.165, 1.54) is 22.3 Å². The molecule has 2 rings (SSSR count). The Bertz CT molecular complexity index is 618. The lowest BCUT2D eigenvalue weighted by molar-refractivity contribution is 0.534. The van der Waals surface area contributed by atoms with E-state index >= 15 is 0 Å². The van der Waals surface area contributed by atoms with Crippen LogP contribution >= 0.6 is 39.1 Å². The van der Waals surface area contributed by atoms with Crippen LogP contribution < -0.4 is 0 Å². The topological polar surface area (TPSA) is 0 Å². The summed E-state index contributed by atoms with van der Waals surface area (Å²) in [4.78, 5) is 0. The Morgan fingerprint density at radius 3 is 2.33 bits per heavy atom. The highest BCUT2D eigenvalue weighted by Crippen LogP contribution is 2.34. The molecule has 0 aliphatic carbocycles. The van der Waals surface area contributed by atoms with Crippen molar-refractivity contribution in [1.29, 1.82) is 0 Å². The zero-order valence-corrected chi connectivity index (χ0v) is 15.4. The number of benzene rings is 2. The molecular formula is C18H19BrCl2. The van der Waals surface area contributed by atoms with E-state index in [0.717, 1.165) is 10.9 Å². The third kappa shape index (κ3) is 3.83. The molecule has 0 amide bonds. The number of rotatable bonds is 5. The predicted molar refractivity (Wildman–Crippen MR) is 96.9 cm³/mol. The van der Waals surface area contributed by atoms with E-state index in [1.54, 1.807) is 0 Å². The van der Waals surface area contributed by atoms with Crippen LogP contribution in [0.25, 0.3) is 0 Å². The van der Waals surface area contributed by atoms with Crippen LogP contribution in [-0.2, 0) is 11.8 Å². The lowest BCUT2D eigenvalue weighted by Gasteiger charge is -2.31. The Morgan fingerprint density at radius 1 is 1.00 bits per heavy atom. The lowest BCUT2D eigenvalue weighted by Crippen LogP contribution is -2.33. The summed E-state index contributed by atoms with van der Waals surface area (Å²) in [5.74, 6) is 1.00. The van der Waals surface area contributed by atoms with E-state index in [-0.39, 0.29) is 5.41 Å². The molecule has 0 aliphatic heterocycles. The molecule has 2 aromatic rings. The fourth-order valence-corrected chi connectivity index (χ4v) is 3.74. The molecule has 0 aromatic heterocycles. The summed E-state index contributed by atoms with van der Waals surface area (Å²) in [7, 11) is 0. The monoisotopic (exact) mass is 384 g/mol. The summed E-state index contributed by atoms with van der Waals surface area (Å²) < 4.78 is 1.06. The minimum atomic E-state index is -0.245. The van der Waals surface area contributed by atoms with Gasteiger partial charge in [0.1, 0.15) is 0 Å². The van der Waals surface area contributed by atoms with Crippen LogP contribution in [0.15, 0.2) is 46.9 Å². The highest BCUT2D eigenvalue weighted by Gasteiger charge is 2.31. The van der Waals surface area contributed by atoms with E-state index in [0.29, 0.717) is 11.8 Å². The summed E-state index contributed by atoms with van der Waals surface area (Å²) in [5, 5.41) is 0. The summed E-state index contributed by atoms with van der Waals surface area (Å²) in [5.41, 5.74) is 4.81. The smallest absolute Gasteiger partial charge is 0.0335 e. The molecule has 0 fully saturated rings. The molecule has 0 unspecified atom stereocenters. The molecule has 112 valence electrons. The Labute approximate surface area is 145 Å². The normalized spacial score (nSPS) is 11.7. The van der Waals surface area contributed by atoms with Gasteiger partial charge in [-0.05, 0) is 49.1 Å². The quantitative estimate of drug-likeness (QED) is 0.551. The molecule has 3 heteroatoms. The Hall–Kier alpha value is -0.500. The van der Waals surface area contributed by atoms with Crippen molar-refractivity contribution < 1.29 is 0 Å². The average molecular weight is 386 g/mol. The molecule has 0 radical (unpaired) electrons. The second kappa shape index (κ2) is 7.17. The zero-order valence-electron chi connectivity index (χ0n) is 12.3. The Kier molecular flexibility index (Phi) is 5.76. The first-order valence-corrected chi connectivity index (χ1v) is 8.81. The van der Waals surface area contributed by atoms with Crippen molar-refractivity contribution in [2.45, 2.75) is 25.7 Å². The maximum atomic E-state index is 6.35. The van der Waals surface area contributed by atoms with E-state index in [9.17, 15) is 0 Å². The molecule has 0 N–H and O–H groups in total. The molecule has 2 aromatic carbocycles. The van der Waals surface area contributed by atoms with Crippen molar-refractivity contribution in [3.8, 4) is 0 Å². The fraction of sp³-hybridized carbons (Fsp3) is 0.333. The number of hydrogen-bond acceptors (Lipinski definition) is 0. The summed E-state index contributed by atoms with van der Waals surface area (Å²) in [6, 6.07) is 14.8. The van der Waals surface area contributed by atoms with Crippen molar-refractivity contribution >= 4 is 39.1 Å². The van der Waals surface area contributed by atoms with Crippen LogP contribution in [0.4, 0.5) is 0 Å². The second-order valence-corrected chi connectivity index (χ2v) is 7.11. The lowest BCUT2D eigenvalue weighted by atomic mass is 9.77. The first kappa shape index (κ1) is 16.9. The number of hydrogen-bond donors (Lipinski definition) is 0. The van der Waals surface area contributed by atoms with Gasteiger partial charge >= 0.3 is 0 Å². The van der Waals surface area contributed by atoms with Crippen LogP contribution in [0.3, 0.4) is 0 Å². The molecular weight excluding hydrogens is 367 g/mol. The molecule has 0 heterocycles. The molecule has 0 nitrogen and oxygen atoms in total. The highest BCUT2D eigenvalue weighted by atomic mass is 79.9. The van der Waals surface area contributed by atoms with Crippen LogP contribution in [0.2, 0.25) is 0 Å². The van der Waals surface area contributed by atoms with Gasteiger partial charge in [0.15, 0.2) is 0 Å². The van der Waals surface area contributed by atoms with E-state index < -0.39 is 0 Å². The summed E-state index contributed by atoms with van der Waals surface area (Å²) >= 11 is 16.2. The summed E-state index contributed by atoms with van der Waals surface area (Å²) in [6.45, 7) is 4.26. The van der Waals surface area contributed by atoms with E-state index in [1.807, 2.05) is 12.1 Å².